The molecule has 0 saturated carbocycles. The molecule has 0 aromatic heterocycles. The summed E-state index contributed by atoms with van der Waals surface area (Å²) in [6.45, 7) is 4.58. The van der Waals surface area contributed by atoms with Gasteiger partial charge in [0.05, 0.1) is 13.1 Å². The Morgan fingerprint density at radius 3 is 2.85 bits per heavy atom. The zero-order chi connectivity index (χ0) is 9.52. The van der Waals surface area contributed by atoms with E-state index in [-0.39, 0.29) is 5.91 Å². The predicted octanol–water partition coefficient (Wildman–Crippen LogP) is -1.36. The van der Waals surface area contributed by atoms with Crippen molar-refractivity contribution >= 4 is 5.91 Å². The van der Waals surface area contributed by atoms with Gasteiger partial charge in [-0.15, -0.1) is 6.42 Å². The lowest BCUT2D eigenvalue weighted by atomic mass is 10.3. The summed E-state index contributed by atoms with van der Waals surface area (Å²) in [5.74, 6) is 2.39. The Balaban J connectivity index is 2.15. The zero-order valence-electron chi connectivity index (χ0n) is 7.68. The Morgan fingerprint density at radius 2 is 2.23 bits per heavy atom. The van der Waals surface area contributed by atoms with E-state index in [0.29, 0.717) is 13.1 Å². The molecule has 72 valence electrons. The molecule has 0 aromatic carbocycles. The SMILES string of the molecule is C#CCNC(=O)CN1CCNCC1. The minimum Gasteiger partial charge on any atom is -0.344 e. The average Bonchev–Trinajstić information content (AvgIpc) is 2.16. The van der Waals surface area contributed by atoms with Crippen molar-refractivity contribution in [3.05, 3.63) is 0 Å². The summed E-state index contributed by atoms with van der Waals surface area (Å²) in [5.41, 5.74) is 0. The van der Waals surface area contributed by atoms with E-state index in [2.05, 4.69) is 21.5 Å². The second-order valence-corrected chi connectivity index (χ2v) is 3.01. The van der Waals surface area contributed by atoms with Crippen molar-refractivity contribution in [2.75, 3.05) is 39.3 Å². The molecule has 0 radical (unpaired) electrons. The monoisotopic (exact) mass is 181 g/mol. The molecule has 1 heterocycles. The fraction of sp³-hybridized carbons (Fsp3) is 0.667. The van der Waals surface area contributed by atoms with E-state index >= 15 is 0 Å². The second kappa shape index (κ2) is 5.57. The van der Waals surface area contributed by atoms with E-state index in [9.17, 15) is 4.79 Å². The van der Waals surface area contributed by atoms with E-state index < -0.39 is 0 Å². The predicted molar refractivity (Wildman–Crippen MR) is 51.2 cm³/mol. The number of nitrogens with zero attached hydrogens (tertiary/aromatic N) is 1. The number of rotatable bonds is 3. The van der Waals surface area contributed by atoms with Crippen LogP contribution in [0.25, 0.3) is 0 Å². The Morgan fingerprint density at radius 1 is 1.54 bits per heavy atom. The second-order valence-electron chi connectivity index (χ2n) is 3.01. The van der Waals surface area contributed by atoms with Crippen LogP contribution in [0.15, 0.2) is 0 Å². The van der Waals surface area contributed by atoms with Crippen molar-refractivity contribution in [1.29, 1.82) is 0 Å². The third kappa shape index (κ3) is 3.92. The molecular weight excluding hydrogens is 166 g/mol. The Bertz CT molecular complexity index is 203. The van der Waals surface area contributed by atoms with Crippen molar-refractivity contribution in [2.24, 2.45) is 0 Å². The average molecular weight is 181 g/mol. The zero-order valence-corrected chi connectivity index (χ0v) is 7.68. The Kier molecular flexibility index (Phi) is 4.30. The molecule has 13 heavy (non-hydrogen) atoms. The van der Waals surface area contributed by atoms with Crippen LogP contribution in [0.2, 0.25) is 0 Å². The number of hydrogen-bond donors (Lipinski definition) is 2. The summed E-state index contributed by atoms with van der Waals surface area (Å²) in [7, 11) is 0. The maximum Gasteiger partial charge on any atom is 0.234 e. The smallest absolute Gasteiger partial charge is 0.234 e. The number of carbonyl (C=O) groups excluding carboxylic acids is 1. The van der Waals surface area contributed by atoms with Crippen LogP contribution in [0.1, 0.15) is 0 Å². The van der Waals surface area contributed by atoms with Crippen LogP contribution in [-0.2, 0) is 4.79 Å². The Hall–Kier alpha value is -1.05. The molecule has 1 rings (SSSR count). The molecule has 0 spiro atoms. The van der Waals surface area contributed by atoms with Crippen LogP contribution in [0.4, 0.5) is 0 Å². The van der Waals surface area contributed by atoms with Gasteiger partial charge in [-0.3, -0.25) is 9.69 Å². The highest BCUT2D eigenvalue weighted by Crippen LogP contribution is 1.90. The molecule has 0 atom stereocenters. The fourth-order valence-corrected chi connectivity index (χ4v) is 1.28. The van der Waals surface area contributed by atoms with E-state index in [4.69, 9.17) is 6.42 Å². The lowest BCUT2D eigenvalue weighted by Crippen LogP contribution is -2.47. The normalized spacial score (nSPS) is 17.8. The van der Waals surface area contributed by atoms with Gasteiger partial charge >= 0.3 is 0 Å². The highest BCUT2D eigenvalue weighted by molar-refractivity contribution is 5.78. The number of amides is 1. The standard InChI is InChI=1S/C9H15N3O/c1-2-3-11-9(13)8-12-6-4-10-5-7-12/h1,10H,3-8H2,(H,11,13). The van der Waals surface area contributed by atoms with Crippen LogP contribution >= 0.6 is 0 Å². The first-order valence-corrected chi connectivity index (χ1v) is 4.46. The number of terminal acetylenes is 1. The summed E-state index contributed by atoms with van der Waals surface area (Å²) in [6, 6.07) is 0. The van der Waals surface area contributed by atoms with Crippen LogP contribution in [-0.4, -0.2) is 50.1 Å². The number of hydrogen-bond acceptors (Lipinski definition) is 3. The van der Waals surface area contributed by atoms with Gasteiger partial charge in [0.2, 0.25) is 5.91 Å². The topological polar surface area (TPSA) is 44.4 Å². The summed E-state index contributed by atoms with van der Waals surface area (Å²) in [6.07, 6.45) is 5.02. The molecule has 0 unspecified atom stereocenters. The first-order valence-electron chi connectivity index (χ1n) is 4.46. The first kappa shape index (κ1) is 10.0. The molecule has 4 heteroatoms. The Labute approximate surface area is 78.7 Å². The summed E-state index contributed by atoms with van der Waals surface area (Å²) >= 11 is 0. The van der Waals surface area contributed by atoms with E-state index in [1.807, 2.05) is 0 Å². The number of carbonyl (C=O) groups is 1. The number of piperazine rings is 1. The first-order chi connectivity index (χ1) is 6.33. The molecule has 1 aliphatic heterocycles. The summed E-state index contributed by atoms with van der Waals surface area (Å²) in [4.78, 5) is 13.3. The van der Waals surface area contributed by atoms with Gasteiger partial charge < -0.3 is 10.6 Å². The lowest BCUT2D eigenvalue weighted by molar-refractivity contribution is -0.122. The van der Waals surface area contributed by atoms with Gasteiger partial charge in [0.15, 0.2) is 0 Å². The minimum atomic E-state index is 0.0138. The molecule has 1 aliphatic rings. The molecule has 1 fully saturated rings. The maximum absolute atomic E-state index is 11.2. The van der Waals surface area contributed by atoms with Crippen LogP contribution in [0.3, 0.4) is 0 Å². The quantitative estimate of drug-likeness (QED) is 0.529. The third-order valence-electron chi connectivity index (χ3n) is 1.96. The molecule has 0 aliphatic carbocycles. The highest BCUT2D eigenvalue weighted by atomic mass is 16.2. The molecular formula is C9H15N3O. The van der Waals surface area contributed by atoms with Crippen molar-refractivity contribution in [3.8, 4) is 12.3 Å². The van der Waals surface area contributed by atoms with Gasteiger partial charge in [0, 0.05) is 26.2 Å². The molecule has 1 saturated heterocycles. The van der Waals surface area contributed by atoms with Gasteiger partial charge in [-0.1, -0.05) is 5.92 Å². The van der Waals surface area contributed by atoms with Crippen molar-refractivity contribution in [2.45, 2.75) is 0 Å². The summed E-state index contributed by atoms with van der Waals surface area (Å²) < 4.78 is 0. The lowest BCUT2D eigenvalue weighted by Gasteiger charge is -2.26. The van der Waals surface area contributed by atoms with E-state index in [1.54, 1.807) is 0 Å². The van der Waals surface area contributed by atoms with Crippen LogP contribution in [0, 0.1) is 12.3 Å². The molecule has 0 aromatic rings. The van der Waals surface area contributed by atoms with Gasteiger partial charge in [-0.2, -0.15) is 0 Å². The van der Waals surface area contributed by atoms with Crippen molar-refractivity contribution in [3.63, 3.8) is 0 Å². The van der Waals surface area contributed by atoms with Crippen molar-refractivity contribution < 1.29 is 4.79 Å². The molecule has 2 N–H and O–H groups in total. The van der Waals surface area contributed by atoms with Gasteiger partial charge in [0.1, 0.15) is 0 Å². The van der Waals surface area contributed by atoms with Crippen molar-refractivity contribution in [1.82, 2.24) is 15.5 Å². The van der Waals surface area contributed by atoms with E-state index in [1.165, 1.54) is 0 Å². The highest BCUT2D eigenvalue weighted by Gasteiger charge is 2.12. The van der Waals surface area contributed by atoms with E-state index in [0.717, 1.165) is 26.2 Å². The molecule has 0 bridgehead atoms. The summed E-state index contributed by atoms with van der Waals surface area (Å²) in [5, 5.41) is 5.87. The largest absolute Gasteiger partial charge is 0.344 e. The van der Waals surface area contributed by atoms with Gasteiger partial charge in [-0.25, -0.2) is 0 Å². The third-order valence-corrected chi connectivity index (χ3v) is 1.96. The van der Waals surface area contributed by atoms with Gasteiger partial charge in [0.25, 0.3) is 0 Å². The fourth-order valence-electron chi connectivity index (χ4n) is 1.28. The molecule has 1 amide bonds. The maximum atomic E-state index is 11.2. The number of nitrogens with one attached hydrogen (secondary N) is 2. The minimum absolute atomic E-state index is 0.0138. The van der Waals surface area contributed by atoms with Crippen LogP contribution < -0.4 is 10.6 Å². The molecule has 4 nitrogen and oxygen atoms in total. The van der Waals surface area contributed by atoms with Crippen LogP contribution in [0.5, 0.6) is 0 Å². The van der Waals surface area contributed by atoms with Gasteiger partial charge in [-0.05, 0) is 0 Å².